The number of hydrogen-bond donors (Lipinski definition) is 1. The first-order chi connectivity index (χ1) is 6.68. The van der Waals surface area contributed by atoms with Crippen LogP contribution in [0.4, 0.5) is 0 Å². The Kier molecular flexibility index (Phi) is 2.80. The van der Waals surface area contributed by atoms with Crippen LogP contribution in [-0.4, -0.2) is 6.04 Å². The molecule has 0 aromatic heterocycles. The third-order valence-corrected chi connectivity index (χ3v) is 3.63. The number of halogens is 1. The fourth-order valence-corrected chi connectivity index (χ4v) is 2.55. The maximum atomic E-state index is 6.10. The molecule has 2 N–H and O–H groups in total. The minimum absolute atomic E-state index is 0.387. The summed E-state index contributed by atoms with van der Waals surface area (Å²) >= 11 is 6.10. The lowest BCUT2D eigenvalue weighted by molar-refractivity contribution is 0.672. The summed E-state index contributed by atoms with van der Waals surface area (Å²) in [4.78, 5) is 0. The van der Waals surface area contributed by atoms with Gasteiger partial charge in [-0.25, -0.2) is 0 Å². The standard InChI is InChI=1S/C12H16ClN/c1-8-11(3-2-4-12(8)13)9-5-6-10(14)7-9/h2-4,9-10H,5-7,14H2,1H3. The maximum absolute atomic E-state index is 6.10. The van der Waals surface area contributed by atoms with Crippen LogP contribution in [0.15, 0.2) is 18.2 Å². The highest BCUT2D eigenvalue weighted by atomic mass is 35.5. The monoisotopic (exact) mass is 209 g/mol. The van der Waals surface area contributed by atoms with Gasteiger partial charge in [0.15, 0.2) is 0 Å². The lowest BCUT2D eigenvalue weighted by atomic mass is 9.93. The van der Waals surface area contributed by atoms with Crippen molar-refractivity contribution in [3.8, 4) is 0 Å². The van der Waals surface area contributed by atoms with Crippen molar-refractivity contribution < 1.29 is 0 Å². The van der Waals surface area contributed by atoms with E-state index in [1.54, 1.807) is 0 Å². The molecule has 0 bridgehead atoms. The topological polar surface area (TPSA) is 26.0 Å². The van der Waals surface area contributed by atoms with E-state index in [0.29, 0.717) is 12.0 Å². The van der Waals surface area contributed by atoms with E-state index in [-0.39, 0.29) is 0 Å². The Hall–Kier alpha value is -0.530. The van der Waals surface area contributed by atoms with Gasteiger partial charge in [0.05, 0.1) is 0 Å². The summed E-state index contributed by atoms with van der Waals surface area (Å²) < 4.78 is 0. The van der Waals surface area contributed by atoms with Gasteiger partial charge in [0.1, 0.15) is 0 Å². The number of rotatable bonds is 1. The van der Waals surface area contributed by atoms with Crippen molar-refractivity contribution in [3.05, 3.63) is 34.3 Å². The van der Waals surface area contributed by atoms with Gasteiger partial charge in [0, 0.05) is 11.1 Å². The van der Waals surface area contributed by atoms with Gasteiger partial charge >= 0.3 is 0 Å². The molecule has 2 rings (SSSR count). The molecule has 76 valence electrons. The molecular formula is C12H16ClN. The highest BCUT2D eigenvalue weighted by Crippen LogP contribution is 2.36. The Balaban J connectivity index is 2.28. The molecule has 1 aliphatic carbocycles. The molecule has 1 saturated carbocycles. The van der Waals surface area contributed by atoms with E-state index in [1.807, 2.05) is 12.1 Å². The van der Waals surface area contributed by atoms with Gasteiger partial charge in [-0.3, -0.25) is 0 Å². The molecule has 2 heteroatoms. The fourth-order valence-electron chi connectivity index (χ4n) is 2.37. The largest absolute Gasteiger partial charge is 0.328 e. The smallest absolute Gasteiger partial charge is 0.0438 e. The van der Waals surface area contributed by atoms with Crippen molar-refractivity contribution in [2.24, 2.45) is 5.73 Å². The van der Waals surface area contributed by atoms with Crippen molar-refractivity contribution in [1.82, 2.24) is 0 Å². The fraction of sp³-hybridized carbons (Fsp3) is 0.500. The molecule has 0 heterocycles. The van der Waals surface area contributed by atoms with Crippen LogP contribution >= 0.6 is 11.6 Å². The highest BCUT2D eigenvalue weighted by Gasteiger charge is 2.24. The van der Waals surface area contributed by atoms with Crippen molar-refractivity contribution in [1.29, 1.82) is 0 Å². The van der Waals surface area contributed by atoms with Crippen molar-refractivity contribution >= 4 is 11.6 Å². The first-order valence-corrected chi connectivity index (χ1v) is 5.57. The van der Waals surface area contributed by atoms with Crippen LogP contribution in [0.2, 0.25) is 5.02 Å². The Morgan fingerprint density at radius 2 is 2.14 bits per heavy atom. The highest BCUT2D eigenvalue weighted by molar-refractivity contribution is 6.31. The van der Waals surface area contributed by atoms with Crippen molar-refractivity contribution in [3.63, 3.8) is 0 Å². The van der Waals surface area contributed by atoms with E-state index in [9.17, 15) is 0 Å². The van der Waals surface area contributed by atoms with Crippen LogP contribution in [0.3, 0.4) is 0 Å². The van der Waals surface area contributed by atoms with Crippen LogP contribution in [0.5, 0.6) is 0 Å². The molecule has 1 aliphatic rings. The summed E-state index contributed by atoms with van der Waals surface area (Å²) in [5.41, 5.74) is 8.54. The molecule has 2 unspecified atom stereocenters. The summed E-state index contributed by atoms with van der Waals surface area (Å²) in [6.07, 6.45) is 3.47. The van der Waals surface area contributed by atoms with Crippen LogP contribution < -0.4 is 5.73 Å². The van der Waals surface area contributed by atoms with E-state index >= 15 is 0 Å². The summed E-state index contributed by atoms with van der Waals surface area (Å²) in [6.45, 7) is 2.10. The summed E-state index contributed by atoms with van der Waals surface area (Å²) in [5.74, 6) is 0.628. The second-order valence-corrected chi connectivity index (χ2v) is 4.63. The van der Waals surface area contributed by atoms with Crippen LogP contribution in [0.25, 0.3) is 0 Å². The van der Waals surface area contributed by atoms with Crippen molar-refractivity contribution in [2.45, 2.75) is 38.1 Å². The number of benzene rings is 1. The first kappa shape index (κ1) is 10.0. The van der Waals surface area contributed by atoms with Gasteiger partial charge in [-0.2, -0.15) is 0 Å². The van der Waals surface area contributed by atoms with Crippen molar-refractivity contribution in [2.75, 3.05) is 0 Å². The number of hydrogen-bond acceptors (Lipinski definition) is 1. The van der Waals surface area contributed by atoms with E-state index in [4.69, 9.17) is 17.3 Å². The molecule has 0 saturated heterocycles. The Morgan fingerprint density at radius 3 is 2.79 bits per heavy atom. The predicted octanol–water partition coefficient (Wildman–Crippen LogP) is 3.24. The second kappa shape index (κ2) is 3.92. The normalized spacial score (nSPS) is 26.8. The van der Waals surface area contributed by atoms with Gasteiger partial charge in [-0.1, -0.05) is 23.7 Å². The average Bonchev–Trinajstić information content (AvgIpc) is 2.57. The third-order valence-electron chi connectivity index (χ3n) is 3.22. The molecule has 1 aromatic carbocycles. The van der Waals surface area contributed by atoms with E-state index in [2.05, 4.69) is 13.0 Å². The minimum atomic E-state index is 0.387. The van der Waals surface area contributed by atoms with Gasteiger partial charge < -0.3 is 5.73 Å². The zero-order chi connectivity index (χ0) is 10.1. The second-order valence-electron chi connectivity index (χ2n) is 4.22. The Bertz CT molecular complexity index is 335. The van der Waals surface area contributed by atoms with Gasteiger partial charge in [0.25, 0.3) is 0 Å². The lowest BCUT2D eigenvalue weighted by Gasteiger charge is -2.14. The Labute approximate surface area is 90.3 Å². The van der Waals surface area contributed by atoms with Gasteiger partial charge in [-0.05, 0) is 49.3 Å². The molecule has 0 amide bonds. The zero-order valence-electron chi connectivity index (χ0n) is 8.46. The maximum Gasteiger partial charge on any atom is 0.0438 e. The molecule has 1 nitrogen and oxygen atoms in total. The van der Waals surface area contributed by atoms with E-state index in [0.717, 1.165) is 17.9 Å². The Morgan fingerprint density at radius 1 is 1.36 bits per heavy atom. The molecule has 0 aliphatic heterocycles. The molecule has 2 atom stereocenters. The first-order valence-electron chi connectivity index (χ1n) is 5.19. The molecule has 1 fully saturated rings. The SMILES string of the molecule is Cc1c(Cl)cccc1C1CCC(N)C1. The van der Waals surface area contributed by atoms with Crippen LogP contribution in [-0.2, 0) is 0 Å². The predicted molar refractivity (Wildman–Crippen MR) is 60.8 cm³/mol. The number of nitrogens with two attached hydrogens (primary N) is 1. The van der Waals surface area contributed by atoms with Gasteiger partial charge in [0.2, 0.25) is 0 Å². The van der Waals surface area contributed by atoms with E-state index in [1.165, 1.54) is 17.5 Å². The summed E-state index contributed by atoms with van der Waals surface area (Å²) in [6, 6.07) is 6.56. The molecule has 14 heavy (non-hydrogen) atoms. The quantitative estimate of drug-likeness (QED) is 0.755. The van der Waals surface area contributed by atoms with Crippen LogP contribution in [0.1, 0.15) is 36.3 Å². The lowest BCUT2D eigenvalue weighted by Crippen LogP contribution is -2.14. The summed E-state index contributed by atoms with van der Waals surface area (Å²) in [7, 11) is 0. The minimum Gasteiger partial charge on any atom is -0.328 e. The zero-order valence-corrected chi connectivity index (χ0v) is 9.22. The molecular weight excluding hydrogens is 194 g/mol. The van der Waals surface area contributed by atoms with Crippen LogP contribution in [0, 0.1) is 6.92 Å². The molecule has 0 spiro atoms. The summed E-state index contributed by atoms with van der Waals surface area (Å²) in [5, 5.41) is 0.878. The van der Waals surface area contributed by atoms with Gasteiger partial charge in [-0.15, -0.1) is 0 Å². The average molecular weight is 210 g/mol. The molecule has 0 radical (unpaired) electrons. The molecule has 1 aromatic rings. The third kappa shape index (κ3) is 1.79. The van der Waals surface area contributed by atoms with E-state index < -0.39 is 0 Å².